The van der Waals surface area contributed by atoms with Crippen LogP contribution in [-0.2, 0) is 24.2 Å². The Morgan fingerprint density at radius 1 is 1.25 bits per heavy atom. The molecule has 1 fully saturated rings. The van der Waals surface area contributed by atoms with Crippen molar-refractivity contribution in [1.29, 1.82) is 0 Å². The lowest BCUT2D eigenvalue weighted by molar-refractivity contribution is -0.156. The summed E-state index contributed by atoms with van der Waals surface area (Å²) in [6.07, 6.45) is -0.740. The lowest BCUT2D eigenvalue weighted by atomic mass is 10.1. The summed E-state index contributed by atoms with van der Waals surface area (Å²) >= 11 is 0. The van der Waals surface area contributed by atoms with Crippen LogP contribution in [0.15, 0.2) is 24.3 Å². The van der Waals surface area contributed by atoms with Gasteiger partial charge in [-0.15, -0.1) is 0 Å². The van der Waals surface area contributed by atoms with Gasteiger partial charge in [0.25, 0.3) is 5.91 Å². The molecular weight excluding hydrogens is 332 g/mol. The third-order valence-electron chi connectivity index (χ3n) is 3.88. The number of carbonyl (C=O) groups is 2. The van der Waals surface area contributed by atoms with E-state index in [0.717, 1.165) is 5.69 Å². The van der Waals surface area contributed by atoms with Crippen molar-refractivity contribution in [2.75, 3.05) is 35.8 Å². The lowest BCUT2D eigenvalue weighted by Crippen LogP contribution is -2.32. The van der Waals surface area contributed by atoms with Crippen LogP contribution in [0.3, 0.4) is 0 Å². The van der Waals surface area contributed by atoms with Crippen molar-refractivity contribution >= 4 is 33.1 Å². The van der Waals surface area contributed by atoms with E-state index in [4.69, 9.17) is 4.74 Å². The van der Waals surface area contributed by atoms with Gasteiger partial charge in [-0.3, -0.25) is 9.59 Å². The highest BCUT2D eigenvalue weighted by atomic mass is 32.2. The first kappa shape index (κ1) is 18.3. The molecule has 1 heterocycles. The summed E-state index contributed by atoms with van der Waals surface area (Å²) in [5.74, 6) is -1.98. The fourth-order valence-electron chi connectivity index (χ4n) is 2.39. The number of nitrogens with zero attached hydrogens (tertiary/aromatic N) is 1. The van der Waals surface area contributed by atoms with Gasteiger partial charge in [0.05, 0.1) is 17.4 Å². The van der Waals surface area contributed by atoms with E-state index in [9.17, 15) is 18.0 Å². The maximum atomic E-state index is 12.1. The highest BCUT2D eigenvalue weighted by molar-refractivity contribution is 7.91. The highest BCUT2D eigenvalue weighted by Crippen LogP contribution is 2.21. The molecule has 2 atom stereocenters. The first-order valence-electron chi connectivity index (χ1n) is 7.67. The van der Waals surface area contributed by atoms with E-state index < -0.39 is 33.7 Å². The van der Waals surface area contributed by atoms with E-state index in [2.05, 4.69) is 5.32 Å². The lowest BCUT2D eigenvalue weighted by Gasteiger charge is -2.16. The minimum absolute atomic E-state index is 0.00837. The van der Waals surface area contributed by atoms with Crippen LogP contribution in [0.4, 0.5) is 11.4 Å². The summed E-state index contributed by atoms with van der Waals surface area (Å²) in [5.41, 5.74) is 1.59. The third-order valence-corrected chi connectivity index (χ3v) is 5.65. The molecule has 1 amide bonds. The molecular formula is C16H22N2O5S. The molecule has 1 aromatic carbocycles. The van der Waals surface area contributed by atoms with Crippen LogP contribution in [0, 0.1) is 5.92 Å². The van der Waals surface area contributed by atoms with E-state index in [1.807, 2.05) is 31.1 Å². The van der Waals surface area contributed by atoms with E-state index in [1.54, 1.807) is 12.1 Å². The molecule has 1 saturated heterocycles. The number of esters is 1. The average Bonchev–Trinajstić information content (AvgIpc) is 2.88. The first-order valence-corrected chi connectivity index (χ1v) is 9.49. The Morgan fingerprint density at radius 2 is 1.88 bits per heavy atom. The highest BCUT2D eigenvalue weighted by Gasteiger charge is 2.35. The number of amides is 1. The van der Waals surface area contributed by atoms with Gasteiger partial charge < -0.3 is 15.0 Å². The molecule has 24 heavy (non-hydrogen) atoms. The molecule has 0 saturated carbocycles. The predicted molar refractivity (Wildman–Crippen MR) is 91.7 cm³/mol. The van der Waals surface area contributed by atoms with Gasteiger partial charge in [-0.25, -0.2) is 8.42 Å². The Labute approximate surface area is 141 Å². The van der Waals surface area contributed by atoms with Crippen LogP contribution in [0.25, 0.3) is 0 Å². The maximum absolute atomic E-state index is 12.1. The average molecular weight is 354 g/mol. The van der Waals surface area contributed by atoms with Gasteiger partial charge in [0.15, 0.2) is 15.9 Å². The van der Waals surface area contributed by atoms with Gasteiger partial charge in [0.2, 0.25) is 0 Å². The van der Waals surface area contributed by atoms with Crippen LogP contribution in [0.5, 0.6) is 0 Å². The number of ether oxygens (including phenoxy) is 1. The van der Waals surface area contributed by atoms with E-state index in [1.165, 1.54) is 6.92 Å². The molecule has 0 aliphatic carbocycles. The Hall–Kier alpha value is -2.09. The minimum atomic E-state index is -3.16. The number of hydrogen-bond donors (Lipinski definition) is 1. The summed E-state index contributed by atoms with van der Waals surface area (Å²) in [5, 5.41) is 2.67. The van der Waals surface area contributed by atoms with Gasteiger partial charge in [-0.05, 0) is 37.6 Å². The van der Waals surface area contributed by atoms with Gasteiger partial charge in [0.1, 0.15) is 0 Å². The molecule has 0 radical (unpaired) electrons. The molecule has 1 N–H and O–H groups in total. The Bertz CT molecular complexity index is 712. The molecule has 7 nitrogen and oxygen atoms in total. The predicted octanol–water partition coefficient (Wildman–Crippen LogP) is 1.06. The molecule has 1 aliphatic heterocycles. The largest absolute Gasteiger partial charge is 0.452 e. The van der Waals surface area contributed by atoms with E-state index in [-0.39, 0.29) is 17.9 Å². The number of benzene rings is 1. The number of anilines is 2. The SMILES string of the molecule is C[C@H](OC(=O)[C@@H]1CCS(=O)(=O)C1)C(=O)Nc1ccc(N(C)C)cc1. The van der Waals surface area contributed by atoms with Crippen molar-refractivity contribution in [2.24, 2.45) is 5.92 Å². The zero-order valence-corrected chi connectivity index (χ0v) is 14.8. The molecule has 0 aromatic heterocycles. The van der Waals surface area contributed by atoms with Gasteiger partial charge in [0, 0.05) is 25.5 Å². The second kappa shape index (κ2) is 7.21. The van der Waals surface area contributed by atoms with Crippen molar-refractivity contribution in [2.45, 2.75) is 19.4 Å². The summed E-state index contributed by atoms with van der Waals surface area (Å²) in [7, 11) is 0.668. The van der Waals surface area contributed by atoms with E-state index >= 15 is 0 Å². The number of rotatable bonds is 5. The van der Waals surface area contributed by atoms with Crippen molar-refractivity contribution < 1.29 is 22.7 Å². The van der Waals surface area contributed by atoms with Crippen LogP contribution in [0.1, 0.15) is 13.3 Å². The molecule has 0 bridgehead atoms. The topological polar surface area (TPSA) is 92.8 Å². The number of carbonyl (C=O) groups excluding carboxylic acids is 2. The summed E-state index contributed by atoms with van der Waals surface area (Å²) in [4.78, 5) is 26.0. The molecule has 0 spiro atoms. The smallest absolute Gasteiger partial charge is 0.310 e. The molecule has 1 aliphatic rings. The third kappa shape index (κ3) is 4.70. The quantitative estimate of drug-likeness (QED) is 0.795. The molecule has 8 heteroatoms. The van der Waals surface area contributed by atoms with Crippen molar-refractivity contribution in [1.82, 2.24) is 0 Å². The van der Waals surface area contributed by atoms with Gasteiger partial charge >= 0.3 is 5.97 Å². The zero-order chi connectivity index (χ0) is 17.9. The van der Waals surface area contributed by atoms with Crippen molar-refractivity contribution in [3.05, 3.63) is 24.3 Å². The summed E-state index contributed by atoms with van der Waals surface area (Å²) in [6.45, 7) is 1.46. The fourth-order valence-corrected chi connectivity index (χ4v) is 4.12. The molecule has 1 aromatic rings. The number of nitrogens with one attached hydrogen (secondary N) is 1. The second-order valence-corrected chi connectivity index (χ2v) is 8.34. The number of sulfone groups is 1. The standard InChI is InChI=1S/C16H22N2O5S/c1-11(23-16(20)12-8-9-24(21,22)10-12)15(19)17-13-4-6-14(7-5-13)18(2)3/h4-7,11-12H,8-10H2,1-3H3,(H,17,19)/t11-,12+/m0/s1. The zero-order valence-electron chi connectivity index (χ0n) is 14.0. The van der Waals surface area contributed by atoms with Crippen LogP contribution in [0.2, 0.25) is 0 Å². The van der Waals surface area contributed by atoms with Crippen LogP contribution in [-0.4, -0.2) is 52.0 Å². The van der Waals surface area contributed by atoms with E-state index in [0.29, 0.717) is 5.69 Å². The monoisotopic (exact) mass is 354 g/mol. The maximum Gasteiger partial charge on any atom is 0.310 e. The first-order chi connectivity index (χ1) is 11.2. The fraction of sp³-hybridized carbons (Fsp3) is 0.500. The van der Waals surface area contributed by atoms with Gasteiger partial charge in [-0.2, -0.15) is 0 Å². The van der Waals surface area contributed by atoms with Crippen molar-refractivity contribution in [3.8, 4) is 0 Å². The molecule has 0 unspecified atom stereocenters. The Balaban J connectivity index is 1.89. The normalized spacial score (nSPS) is 20.2. The summed E-state index contributed by atoms with van der Waals surface area (Å²) in [6, 6.07) is 7.22. The Kier molecular flexibility index (Phi) is 5.48. The summed E-state index contributed by atoms with van der Waals surface area (Å²) < 4.78 is 27.9. The Morgan fingerprint density at radius 3 is 2.38 bits per heavy atom. The number of hydrogen-bond acceptors (Lipinski definition) is 6. The van der Waals surface area contributed by atoms with Crippen LogP contribution < -0.4 is 10.2 Å². The molecule has 2 rings (SSSR count). The second-order valence-electron chi connectivity index (χ2n) is 6.11. The minimum Gasteiger partial charge on any atom is -0.452 e. The molecule has 132 valence electrons. The van der Waals surface area contributed by atoms with Crippen LogP contribution >= 0.6 is 0 Å². The van der Waals surface area contributed by atoms with Crippen molar-refractivity contribution in [3.63, 3.8) is 0 Å². The van der Waals surface area contributed by atoms with Gasteiger partial charge in [-0.1, -0.05) is 0 Å².